The molecule has 1 aromatic rings. The van der Waals surface area contributed by atoms with Crippen molar-refractivity contribution < 1.29 is 4.79 Å². The first-order chi connectivity index (χ1) is 10.5. The number of amides is 2. The minimum absolute atomic E-state index is 0.114. The Labute approximate surface area is 132 Å². The normalized spacial score (nSPS) is 21.9. The van der Waals surface area contributed by atoms with Crippen molar-refractivity contribution in [2.24, 2.45) is 0 Å². The Kier molecular flexibility index (Phi) is 5.40. The Morgan fingerprint density at radius 2 is 2.32 bits per heavy atom. The number of nitrogens with zero attached hydrogens (tertiary/aromatic N) is 3. The van der Waals surface area contributed by atoms with Crippen LogP contribution in [0.5, 0.6) is 0 Å². The molecule has 1 aliphatic rings. The minimum atomic E-state index is -0.114. The van der Waals surface area contributed by atoms with Crippen molar-refractivity contribution in [3.05, 3.63) is 29.8 Å². The first kappa shape index (κ1) is 16.3. The highest BCUT2D eigenvalue weighted by Crippen LogP contribution is 2.21. The predicted molar refractivity (Wildman–Crippen MR) is 87.7 cm³/mol. The molecule has 1 heterocycles. The number of urea groups is 1. The summed E-state index contributed by atoms with van der Waals surface area (Å²) in [5.74, 6) is 0. The lowest BCUT2D eigenvalue weighted by molar-refractivity contribution is 0.104. The van der Waals surface area contributed by atoms with Crippen molar-refractivity contribution in [2.75, 3.05) is 25.5 Å². The van der Waals surface area contributed by atoms with Crippen LogP contribution in [0, 0.1) is 11.3 Å². The van der Waals surface area contributed by atoms with E-state index in [9.17, 15) is 4.79 Å². The molecule has 2 amide bonds. The molecule has 0 radical (unpaired) electrons. The Morgan fingerprint density at radius 3 is 2.95 bits per heavy atom. The van der Waals surface area contributed by atoms with Crippen LogP contribution in [-0.2, 0) is 0 Å². The summed E-state index contributed by atoms with van der Waals surface area (Å²) in [6.45, 7) is 6.49. The van der Waals surface area contributed by atoms with Gasteiger partial charge >= 0.3 is 6.03 Å². The number of benzene rings is 1. The molecule has 0 bridgehead atoms. The lowest BCUT2D eigenvalue weighted by Gasteiger charge is -2.40. The van der Waals surface area contributed by atoms with E-state index in [4.69, 9.17) is 5.26 Å². The largest absolute Gasteiger partial charge is 0.325 e. The summed E-state index contributed by atoms with van der Waals surface area (Å²) in [5, 5.41) is 11.8. The summed E-state index contributed by atoms with van der Waals surface area (Å²) < 4.78 is 0. The topological polar surface area (TPSA) is 59.4 Å². The number of nitriles is 1. The molecular weight excluding hydrogens is 276 g/mol. The molecule has 1 aromatic carbocycles. The Morgan fingerprint density at radius 1 is 1.55 bits per heavy atom. The van der Waals surface area contributed by atoms with Gasteiger partial charge in [-0.1, -0.05) is 13.0 Å². The Hall–Kier alpha value is -2.06. The molecule has 5 nitrogen and oxygen atoms in total. The van der Waals surface area contributed by atoms with Gasteiger partial charge in [-0.3, -0.25) is 0 Å². The summed E-state index contributed by atoms with van der Waals surface area (Å²) in [5.41, 5.74) is 1.21. The van der Waals surface area contributed by atoms with Crippen molar-refractivity contribution in [2.45, 2.75) is 38.8 Å². The molecule has 0 spiro atoms. The van der Waals surface area contributed by atoms with Gasteiger partial charge in [0.15, 0.2) is 0 Å². The third-order valence-corrected chi connectivity index (χ3v) is 4.50. The molecule has 1 saturated heterocycles. The van der Waals surface area contributed by atoms with E-state index in [0.717, 1.165) is 25.9 Å². The fraction of sp³-hybridized carbons (Fsp3) is 0.529. The molecule has 1 N–H and O–H groups in total. The highest BCUT2D eigenvalue weighted by atomic mass is 16.2. The SMILES string of the molecule is CCN1CC[C@@H](N(C)C(=O)Nc2cccc(C#N)c2)C[C@H]1C. The maximum absolute atomic E-state index is 12.4. The van der Waals surface area contributed by atoms with Crippen LogP contribution >= 0.6 is 0 Å². The number of hydrogen-bond acceptors (Lipinski definition) is 3. The van der Waals surface area contributed by atoms with Crippen LogP contribution in [-0.4, -0.2) is 48.1 Å². The average molecular weight is 300 g/mol. The van der Waals surface area contributed by atoms with Gasteiger partial charge in [0.05, 0.1) is 11.6 Å². The number of nitrogens with one attached hydrogen (secondary N) is 1. The second-order valence-electron chi connectivity index (χ2n) is 5.89. The van der Waals surface area contributed by atoms with Gasteiger partial charge in [0.1, 0.15) is 0 Å². The van der Waals surface area contributed by atoms with Crippen LogP contribution in [0.1, 0.15) is 32.3 Å². The minimum Gasteiger partial charge on any atom is -0.325 e. The third kappa shape index (κ3) is 3.77. The number of likely N-dealkylation sites (tertiary alicyclic amines) is 1. The van der Waals surface area contributed by atoms with E-state index in [1.165, 1.54) is 0 Å². The number of rotatable bonds is 3. The zero-order valence-corrected chi connectivity index (χ0v) is 13.5. The maximum atomic E-state index is 12.4. The molecule has 2 rings (SSSR count). The lowest BCUT2D eigenvalue weighted by atomic mass is 9.97. The standard InChI is InChI=1S/C17H24N4O/c1-4-21-9-8-16(10-13(21)2)20(3)17(22)19-15-7-5-6-14(11-15)12-18/h5-7,11,13,16H,4,8-10H2,1-3H3,(H,19,22)/t13-,16-/m1/s1. The van der Waals surface area contributed by atoms with Gasteiger partial charge in [-0.25, -0.2) is 4.79 Å². The van der Waals surface area contributed by atoms with Crippen LogP contribution in [0.4, 0.5) is 10.5 Å². The van der Waals surface area contributed by atoms with E-state index in [2.05, 4.69) is 30.1 Å². The van der Waals surface area contributed by atoms with Gasteiger partial charge < -0.3 is 15.1 Å². The van der Waals surface area contributed by atoms with E-state index in [0.29, 0.717) is 17.3 Å². The average Bonchev–Trinajstić information content (AvgIpc) is 2.54. The number of carbonyl (C=O) groups excluding carboxylic acids is 1. The fourth-order valence-corrected chi connectivity index (χ4v) is 3.06. The molecule has 0 saturated carbocycles. The zero-order valence-electron chi connectivity index (χ0n) is 13.5. The van der Waals surface area contributed by atoms with Crippen molar-refractivity contribution >= 4 is 11.7 Å². The first-order valence-electron chi connectivity index (χ1n) is 7.83. The summed E-state index contributed by atoms with van der Waals surface area (Å²) in [6, 6.07) is 9.71. The summed E-state index contributed by atoms with van der Waals surface area (Å²) >= 11 is 0. The Bertz CT molecular complexity index is 566. The van der Waals surface area contributed by atoms with Crippen LogP contribution in [0.3, 0.4) is 0 Å². The smallest absolute Gasteiger partial charge is 0.321 e. The number of piperidine rings is 1. The molecule has 5 heteroatoms. The fourth-order valence-electron chi connectivity index (χ4n) is 3.06. The van der Waals surface area contributed by atoms with Gasteiger partial charge in [-0.2, -0.15) is 5.26 Å². The van der Waals surface area contributed by atoms with E-state index in [1.807, 2.05) is 7.05 Å². The van der Waals surface area contributed by atoms with E-state index < -0.39 is 0 Å². The van der Waals surface area contributed by atoms with Gasteiger partial charge in [-0.05, 0) is 44.5 Å². The lowest BCUT2D eigenvalue weighted by Crippen LogP contribution is -2.50. The van der Waals surface area contributed by atoms with Crippen molar-refractivity contribution in [3.63, 3.8) is 0 Å². The second kappa shape index (κ2) is 7.28. The second-order valence-corrected chi connectivity index (χ2v) is 5.89. The highest BCUT2D eigenvalue weighted by Gasteiger charge is 2.29. The summed E-state index contributed by atoms with van der Waals surface area (Å²) in [6.07, 6.45) is 2.00. The van der Waals surface area contributed by atoms with Gasteiger partial charge in [0, 0.05) is 31.4 Å². The molecule has 22 heavy (non-hydrogen) atoms. The molecular formula is C17H24N4O. The molecule has 0 aromatic heterocycles. The number of anilines is 1. The van der Waals surface area contributed by atoms with Crippen molar-refractivity contribution in [1.82, 2.24) is 9.80 Å². The zero-order chi connectivity index (χ0) is 16.1. The van der Waals surface area contributed by atoms with Crippen LogP contribution in [0.2, 0.25) is 0 Å². The quantitative estimate of drug-likeness (QED) is 0.933. The molecule has 118 valence electrons. The first-order valence-corrected chi connectivity index (χ1v) is 7.83. The number of carbonyl (C=O) groups is 1. The number of hydrogen-bond donors (Lipinski definition) is 1. The summed E-state index contributed by atoms with van der Waals surface area (Å²) in [7, 11) is 1.85. The molecule has 1 fully saturated rings. The van der Waals surface area contributed by atoms with Crippen LogP contribution in [0.15, 0.2) is 24.3 Å². The van der Waals surface area contributed by atoms with E-state index >= 15 is 0 Å². The van der Waals surface area contributed by atoms with E-state index in [-0.39, 0.29) is 12.1 Å². The van der Waals surface area contributed by atoms with Crippen molar-refractivity contribution in [3.8, 4) is 6.07 Å². The molecule has 1 aliphatic heterocycles. The Balaban J connectivity index is 1.96. The molecule has 0 aliphatic carbocycles. The van der Waals surface area contributed by atoms with E-state index in [1.54, 1.807) is 29.2 Å². The predicted octanol–water partition coefficient (Wildman–Crippen LogP) is 2.89. The summed E-state index contributed by atoms with van der Waals surface area (Å²) in [4.78, 5) is 16.6. The molecule has 2 atom stereocenters. The maximum Gasteiger partial charge on any atom is 0.321 e. The van der Waals surface area contributed by atoms with Gasteiger partial charge in [0.25, 0.3) is 0 Å². The third-order valence-electron chi connectivity index (χ3n) is 4.50. The monoisotopic (exact) mass is 300 g/mol. The molecule has 0 unspecified atom stereocenters. The van der Waals surface area contributed by atoms with Gasteiger partial charge in [-0.15, -0.1) is 0 Å². The van der Waals surface area contributed by atoms with Crippen LogP contribution < -0.4 is 5.32 Å². The van der Waals surface area contributed by atoms with Crippen molar-refractivity contribution in [1.29, 1.82) is 5.26 Å². The van der Waals surface area contributed by atoms with Gasteiger partial charge in [0.2, 0.25) is 0 Å². The highest BCUT2D eigenvalue weighted by molar-refractivity contribution is 5.89. The van der Waals surface area contributed by atoms with Crippen LogP contribution in [0.25, 0.3) is 0 Å².